The Hall–Kier alpha value is -3.20. The molecule has 0 bridgehead atoms. The molecular formula is C48H86BN3O14. The second-order valence-electron chi connectivity index (χ2n) is 16.3. The number of aliphatic carboxylic acids is 1. The number of unbranched alkanes of at least 4 members (excludes halogenated alkanes) is 15. The van der Waals surface area contributed by atoms with Crippen LogP contribution in [0.5, 0.6) is 0 Å². The highest BCUT2D eigenvalue weighted by Gasteiger charge is 2.19. The maximum absolute atomic E-state index is 12.3. The van der Waals surface area contributed by atoms with Crippen LogP contribution in [0.1, 0.15) is 146 Å². The molecule has 0 saturated carbocycles. The summed E-state index contributed by atoms with van der Waals surface area (Å²) in [6.07, 6.45) is 21.4. The van der Waals surface area contributed by atoms with E-state index in [9.17, 15) is 24.3 Å². The van der Waals surface area contributed by atoms with Crippen molar-refractivity contribution in [2.24, 2.45) is 0 Å². The number of carbonyl (C=O) groups is 4. The molecule has 0 radical (unpaired) electrons. The number of carboxylic acid groups (broad SMARTS) is 1. The van der Waals surface area contributed by atoms with Crippen molar-refractivity contribution >= 4 is 36.3 Å². The molecule has 0 unspecified atom stereocenters. The molecule has 18 heteroatoms. The molecule has 0 spiro atoms. The van der Waals surface area contributed by atoms with Crippen LogP contribution in [0.15, 0.2) is 24.3 Å². The third-order valence-corrected chi connectivity index (χ3v) is 10.6. The average molecular weight is 940 g/mol. The van der Waals surface area contributed by atoms with Crippen LogP contribution in [-0.4, -0.2) is 158 Å². The molecule has 1 atom stereocenters. The SMILES string of the molecule is CCCCCCCCCCCCCCCCCC(=O)NCCCC[C@H](NC(=O)CCOCCOCCOCCOCCOCCOCCOCCNC(=O)c1ccc(B(O)O)cc1)C(=O)O. The number of hydrogen-bond acceptors (Lipinski definition) is 13. The molecule has 66 heavy (non-hydrogen) atoms. The molecule has 6 N–H and O–H groups in total. The van der Waals surface area contributed by atoms with Crippen LogP contribution < -0.4 is 21.4 Å². The highest BCUT2D eigenvalue weighted by Crippen LogP contribution is 2.14. The number of nitrogens with one attached hydrogen (secondary N) is 3. The Morgan fingerprint density at radius 2 is 0.909 bits per heavy atom. The molecule has 1 aromatic carbocycles. The Bertz CT molecular complexity index is 1310. The molecule has 0 aliphatic carbocycles. The number of carboxylic acids is 1. The van der Waals surface area contributed by atoms with Crippen LogP contribution in [0.2, 0.25) is 0 Å². The standard InChI is InChI=1S/C48H86BN3O14/c1-2-3-4-5-6-7-8-9-10-11-12-13-14-15-16-20-45(53)50-26-18-17-19-44(48(56)57)52-46(54)25-28-60-30-32-62-34-36-64-38-40-66-41-39-65-37-35-63-33-31-61-29-27-51-47(55)42-21-23-43(24-22-42)49(58)59/h21-24,44,58-59H,2-20,25-41H2,1H3,(H,50,53)(H,51,55)(H,52,54)(H,56,57)/t44-/m0/s1. The summed E-state index contributed by atoms with van der Waals surface area (Å²) in [6.45, 7) is 8.28. The van der Waals surface area contributed by atoms with Gasteiger partial charge in [0.2, 0.25) is 11.8 Å². The fourth-order valence-electron chi connectivity index (χ4n) is 6.70. The molecule has 17 nitrogen and oxygen atoms in total. The van der Waals surface area contributed by atoms with Gasteiger partial charge < -0.3 is 64.3 Å². The maximum atomic E-state index is 12.3. The molecule has 0 heterocycles. The van der Waals surface area contributed by atoms with Crippen LogP contribution in [-0.2, 0) is 47.5 Å². The molecular weight excluding hydrogens is 853 g/mol. The highest BCUT2D eigenvalue weighted by atomic mass is 16.6. The van der Waals surface area contributed by atoms with Gasteiger partial charge in [-0.25, -0.2) is 4.79 Å². The van der Waals surface area contributed by atoms with E-state index in [2.05, 4.69) is 22.9 Å². The molecule has 1 aromatic rings. The first kappa shape index (κ1) is 60.8. The second kappa shape index (κ2) is 45.6. The van der Waals surface area contributed by atoms with E-state index in [1.165, 1.54) is 108 Å². The summed E-state index contributed by atoms with van der Waals surface area (Å²) in [5.41, 5.74) is 0.730. The number of hydrogen-bond donors (Lipinski definition) is 6. The van der Waals surface area contributed by atoms with Crippen molar-refractivity contribution < 1.29 is 67.5 Å². The van der Waals surface area contributed by atoms with Gasteiger partial charge in [-0.05, 0) is 43.3 Å². The fraction of sp³-hybridized carbons (Fsp3) is 0.792. The maximum Gasteiger partial charge on any atom is 0.488 e. The van der Waals surface area contributed by atoms with E-state index in [4.69, 9.17) is 43.2 Å². The van der Waals surface area contributed by atoms with Gasteiger partial charge in [0.05, 0.1) is 92.5 Å². The molecule has 0 aliphatic heterocycles. The van der Waals surface area contributed by atoms with E-state index < -0.39 is 19.1 Å². The minimum Gasteiger partial charge on any atom is -0.480 e. The number of carbonyl (C=O) groups excluding carboxylic acids is 3. The largest absolute Gasteiger partial charge is 0.488 e. The van der Waals surface area contributed by atoms with Crippen molar-refractivity contribution in [3.63, 3.8) is 0 Å². The van der Waals surface area contributed by atoms with E-state index in [0.717, 1.165) is 12.8 Å². The van der Waals surface area contributed by atoms with Crippen LogP contribution >= 0.6 is 0 Å². The molecule has 0 aliphatic rings. The average Bonchev–Trinajstić information content (AvgIpc) is 3.31. The lowest BCUT2D eigenvalue weighted by Gasteiger charge is -2.15. The number of ether oxygens (including phenoxy) is 7. The Kier molecular flexibility index (Phi) is 42.0. The first-order chi connectivity index (χ1) is 32.2. The van der Waals surface area contributed by atoms with E-state index in [0.29, 0.717) is 129 Å². The Morgan fingerprint density at radius 3 is 1.35 bits per heavy atom. The van der Waals surface area contributed by atoms with Crippen LogP contribution in [0.4, 0.5) is 0 Å². The summed E-state index contributed by atoms with van der Waals surface area (Å²) in [5.74, 6) is -1.70. The van der Waals surface area contributed by atoms with Gasteiger partial charge in [-0.2, -0.15) is 0 Å². The van der Waals surface area contributed by atoms with Gasteiger partial charge in [-0.15, -0.1) is 0 Å². The number of benzene rings is 1. The minimum absolute atomic E-state index is 0.0424. The lowest BCUT2D eigenvalue weighted by molar-refractivity contribution is -0.142. The van der Waals surface area contributed by atoms with Crippen molar-refractivity contribution in [3.05, 3.63) is 29.8 Å². The zero-order valence-electron chi connectivity index (χ0n) is 40.3. The first-order valence-electron chi connectivity index (χ1n) is 24.8. The van der Waals surface area contributed by atoms with Gasteiger partial charge >= 0.3 is 13.1 Å². The van der Waals surface area contributed by atoms with E-state index in [1.807, 2.05) is 0 Å². The Labute approximate surface area is 395 Å². The summed E-state index contributed by atoms with van der Waals surface area (Å²) in [4.78, 5) is 48.2. The first-order valence-corrected chi connectivity index (χ1v) is 24.8. The summed E-state index contributed by atoms with van der Waals surface area (Å²) >= 11 is 0. The third-order valence-electron chi connectivity index (χ3n) is 10.6. The number of rotatable bonds is 49. The van der Waals surface area contributed by atoms with Gasteiger partial charge in [0.1, 0.15) is 6.04 Å². The van der Waals surface area contributed by atoms with Crippen LogP contribution in [0.3, 0.4) is 0 Å². The van der Waals surface area contributed by atoms with Gasteiger partial charge in [0, 0.05) is 31.5 Å². The van der Waals surface area contributed by atoms with Gasteiger partial charge in [-0.3, -0.25) is 14.4 Å². The number of amides is 3. The predicted molar refractivity (Wildman–Crippen MR) is 255 cm³/mol. The fourth-order valence-corrected chi connectivity index (χ4v) is 6.70. The van der Waals surface area contributed by atoms with Gasteiger partial charge in [-0.1, -0.05) is 109 Å². The molecule has 0 saturated heterocycles. The van der Waals surface area contributed by atoms with Crippen LogP contribution in [0, 0.1) is 0 Å². The zero-order valence-corrected chi connectivity index (χ0v) is 40.3. The second-order valence-corrected chi connectivity index (χ2v) is 16.3. The van der Waals surface area contributed by atoms with Crippen molar-refractivity contribution in [1.29, 1.82) is 0 Å². The lowest BCUT2D eigenvalue weighted by atomic mass is 9.80. The molecule has 3 amide bonds. The van der Waals surface area contributed by atoms with Crippen LogP contribution in [0.25, 0.3) is 0 Å². The van der Waals surface area contributed by atoms with Crippen molar-refractivity contribution in [3.8, 4) is 0 Å². The zero-order chi connectivity index (χ0) is 48.0. The van der Waals surface area contributed by atoms with Gasteiger partial charge in [0.25, 0.3) is 5.91 Å². The Morgan fingerprint density at radius 1 is 0.485 bits per heavy atom. The van der Waals surface area contributed by atoms with Crippen molar-refractivity contribution in [2.75, 3.05) is 106 Å². The highest BCUT2D eigenvalue weighted by molar-refractivity contribution is 6.58. The third kappa shape index (κ3) is 38.9. The van der Waals surface area contributed by atoms with Crippen molar-refractivity contribution in [2.45, 2.75) is 141 Å². The molecule has 0 aromatic heterocycles. The topological polar surface area (TPSA) is 230 Å². The molecule has 1 rings (SSSR count). The predicted octanol–water partition coefficient (Wildman–Crippen LogP) is 4.72. The van der Waals surface area contributed by atoms with E-state index >= 15 is 0 Å². The quantitative estimate of drug-likeness (QED) is 0.0384. The summed E-state index contributed by atoms with van der Waals surface area (Å²) in [7, 11) is -1.57. The monoisotopic (exact) mass is 940 g/mol. The lowest BCUT2D eigenvalue weighted by Crippen LogP contribution is -2.41. The minimum atomic E-state index is -1.57. The molecule has 0 fully saturated rings. The van der Waals surface area contributed by atoms with Crippen molar-refractivity contribution in [1.82, 2.24) is 16.0 Å². The van der Waals surface area contributed by atoms with Gasteiger partial charge in [0.15, 0.2) is 0 Å². The summed E-state index contributed by atoms with van der Waals surface area (Å²) in [6, 6.07) is 5.03. The van der Waals surface area contributed by atoms with E-state index in [1.54, 1.807) is 0 Å². The molecule has 380 valence electrons. The summed E-state index contributed by atoms with van der Waals surface area (Å²) in [5, 5.41) is 36.0. The summed E-state index contributed by atoms with van der Waals surface area (Å²) < 4.78 is 38.2. The smallest absolute Gasteiger partial charge is 0.480 e. The Balaban J connectivity index is 1.82. The normalized spacial score (nSPS) is 11.7. The van der Waals surface area contributed by atoms with E-state index in [-0.39, 0.29) is 37.2 Å².